The maximum absolute atomic E-state index is 5.27. The molecule has 0 aromatic rings. The van der Waals surface area contributed by atoms with E-state index in [2.05, 4.69) is 12.1 Å². The van der Waals surface area contributed by atoms with Crippen LogP contribution < -0.4 is 0 Å². The zero-order valence-electron chi connectivity index (χ0n) is 10.1. The normalized spacial score (nSPS) is 15.2. The van der Waals surface area contributed by atoms with Crippen LogP contribution in [-0.2, 0) is 13.3 Å². The molecule has 0 unspecified atom stereocenters. The van der Waals surface area contributed by atoms with Crippen molar-refractivity contribution in [2.24, 2.45) is 0 Å². The quantitative estimate of drug-likeness (QED) is 0.582. The molecule has 0 aliphatic heterocycles. The van der Waals surface area contributed by atoms with Crippen molar-refractivity contribution in [3.05, 3.63) is 0 Å². The monoisotopic (exact) mass is 252 g/mol. The van der Waals surface area contributed by atoms with E-state index in [0.717, 1.165) is 0 Å². The minimum atomic E-state index is -2.55. The predicted octanol–water partition coefficient (Wildman–Crippen LogP) is 3.02. The Labute approximate surface area is 99.9 Å². The molecule has 0 saturated heterocycles. The molecule has 0 aromatic carbocycles. The van der Waals surface area contributed by atoms with Gasteiger partial charge in [0, 0.05) is 19.8 Å². The first kappa shape index (κ1) is 15.4. The molecule has 0 radical (unpaired) electrons. The Hall–Kier alpha value is 0.447. The number of hydrogen-bond acceptors (Lipinski definition) is 4. The molecular formula is C10H24O3SSi. The van der Waals surface area contributed by atoms with Crippen molar-refractivity contribution in [1.82, 2.24) is 0 Å². The van der Waals surface area contributed by atoms with Crippen LogP contribution in [-0.4, -0.2) is 27.8 Å². The lowest BCUT2D eigenvalue weighted by molar-refractivity contribution is 0.0973. The minimum Gasteiger partial charge on any atom is -0.366 e. The largest absolute Gasteiger partial charge is 0.570 e. The van der Waals surface area contributed by atoms with E-state index in [-0.39, 0.29) is 0 Å². The van der Waals surface area contributed by atoms with Gasteiger partial charge in [0.1, 0.15) is 0 Å². The van der Waals surface area contributed by atoms with Crippen LogP contribution in [0.1, 0.15) is 46.5 Å². The van der Waals surface area contributed by atoms with Crippen LogP contribution >= 0.6 is 12.1 Å². The predicted molar refractivity (Wildman–Crippen MR) is 68.1 cm³/mol. The van der Waals surface area contributed by atoms with Crippen LogP contribution in [0.2, 0.25) is 0 Å². The van der Waals surface area contributed by atoms with E-state index in [4.69, 9.17) is 13.3 Å². The van der Waals surface area contributed by atoms with Crippen molar-refractivity contribution < 1.29 is 13.3 Å². The molecule has 0 amide bonds. The molecule has 0 heterocycles. The van der Waals surface area contributed by atoms with E-state index in [1.807, 2.05) is 20.8 Å². The summed E-state index contributed by atoms with van der Waals surface area (Å²) in [4.78, 5) is 0. The Morgan fingerprint density at radius 1 is 0.800 bits per heavy atom. The van der Waals surface area contributed by atoms with Gasteiger partial charge in [0.2, 0.25) is 0 Å². The fourth-order valence-corrected chi connectivity index (χ4v) is 3.43. The van der Waals surface area contributed by atoms with Crippen molar-refractivity contribution >= 4 is 20.0 Å². The average molecular weight is 252 g/mol. The van der Waals surface area contributed by atoms with E-state index in [1.165, 1.54) is 25.7 Å². The number of hydrogen-bond donors (Lipinski definition) is 1. The molecule has 92 valence electrons. The molecule has 1 rings (SSSR count). The first-order chi connectivity index (χ1) is 7.18. The molecule has 15 heavy (non-hydrogen) atoms. The summed E-state index contributed by atoms with van der Waals surface area (Å²) in [7, 11) is -2.55. The van der Waals surface area contributed by atoms with Gasteiger partial charge in [0.05, 0.1) is 0 Å². The summed E-state index contributed by atoms with van der Waals surface area (Å²) in [6.45, 7) is 7.43. The minimum absolute atomic E-state index is 0.579. The highest BCUT2D eigenvalue weighted by Crippen LogP contribution is 2.15. The maximum atomic E-state index is 5.27. The number of rotatable bonds is 6. The fourth-order valence-electron chi connectivity index (χ4n) is 0.922. The second-order valence-corrected chi connectivity index (χ2v) is 6.79. The van der Waals surface area contributed by atoms with Crippen molar-refractivity contribution in [1.29, 1.82) is 0 Å². The third-order valence-electron chi connectivity index (χ3n) is 1.98. The fraction of sp³-hybridized carbons (Fsp3) is 1.00. The second kappa shape index (κ2) is 9.66. The Morgan fingerprint density at radius 3 is 1.20 bits per heavy atom. The van der Waals surface area contributed by atoms with E-state index in [9.17, 15) is 0 Å². The molecule has 1 aliphatic rings. The highest BCUT2D eigenvalue weighted by molar-refractivity contribution is 8.11. The van der Waals surface area contributed by atoms with Gasteiger partial charge in [-0.2, -0.15) is 0 Å². The second-order valence-electron chi connectivity index (χ2n) is 3.24. The van der Waals surface area contributed by atoms with Crippen LogP contribution in [0.4, 0.5) is 0 Å². The highest BCUT2D eigenvalue weighted by atomic mass is 32.3. The Balaban J connectivity index is 0.000000401. The summed E-state index contributed by atoms with van der Waals surface area (Å²) in [5.41, 5.74) is 0. The van der Waals surface area contributed by atoms with Crippen LogP contribution in [0.3, 0.4) is 0 Å². The average Bonchev–Trinajstić information content (AvgIpc) is 2.01. The summed E-state index contributed by atoms with van der Waals surface area (Å²) in [5.74, 6) is 0. The highest BCUT2D eigenvalue weighted by Gasteiger charge is 2.35. The van der Waals surface area contributed by atoms with Gasteiger partial charge >= 0.3 is 7.95 Å². The Morgan fingerprint density at radius 2 is 1.07 bits per heavy atom. The standard InChI is InChI=1S/C6H16O3SSi.C4H8/c1-4-7-11(10,8-5-2)9-6-3;1-2-4-3-1/h10H,4-6H2,1-3H3;1-4H2. The van der Waals surface area contributed by atoms with Gasteiger partial charge < -0.3 is 13.3 Å². The molecule has 0 atom stereocenters. The third kappa shape index (κ3) is 8.27. The summed E-state index contributed by atoms with van der Waals surface area (Å²) in [6, 6.07) is 0. The van der Waals surface area contributed by atoms with Gasteiger partial charge in [-0.05, 0) is 20.8 Å². The Kier molecular flexibility index (Phi) is 9.94. The molecule has 0 bridgehead atoms. The van der Waals surface area contributed by atoms with Gasteiger partial charge in [-0.1, -0.05) is 25.7 Å². The lowest BCUT2D eigenvalue weighted by atomic mass is 10.0. The summed E-state index contributed by atoms with van der Waals surface area (Å²) in [6.07, 6.45) is 6.00. The van der Waals surface area contributed by atoms with Crippen LogP contribution in [0.5, 0.6) is 0 Å². The number of thiol groups is 1. The van der Waals surface area contributed by atoms with Crippen LogP contribution in [0, 0.1) is 0 Å². The van der Waals surface area contributed by atoms with E-state index < -0.39 is 7.95 Å². The van der Waals surface area contributed by atoms with E-state index >= 15 is 0 Å². The first-order valence-corrected chi connectivity index (χ1v) is 8.84. The Bertz CT molecular complexity index is 122. The topological polar surface area (TPSA) is 27.7 Å². The third-order valence-corrected chi connectivity index (χ3v) is 5.10. The molecule has 1 saturated carbocycles. The lowest BCUT2D eigenvalue weighted by Crippen LogP contribution is -2.40. The molecule has 3 nitrogen and oxygen atoms in total. The summed E-state index contributed by atoms with van der Waals surface area (Å²) < 4.78 is 15.8. The van der Waals surface area contributed by atoms with E-state index in [0.29, 0.717) is 19.8 Å². The van der Waals surface area contributed by atoms with Crippen molar-refractivity contribution in [3.63, 3.8) is 0 Å². The zero-order chi connectivity index (χ0) is 11.6. The van der Waals surface area contributed by atoms with Gasteiger partial charge in [-0.25, -0.2) is 0 Å². The first-order valence-electron chi connectivity index (χ1n) is 5.82. The zero-order valence-corrected chi connectivity index (χ0v) is 12.0. The van der Waals surface area contributed by atoms with Crippen molar-refractivity contribution in [2.45, 2.75) is 46.5 Å². The molecule has 1 fully saturated rings. The van der Waals surface area contributed by atoms with Gasteiger partial charge in [0.15, 0.2) is 0 Å². The van der Waals surface area contributed by atoms with Crippen LogP contribution in [0.15, 0.2) is 0 Å². The molecule has 5 heteroatoms. The molecule has 0 spiro atoms. The maximum Gasteiger partial charge on any atom is 0.570 e. The van der Waals surface area contributed by atoms with E-state index in [1.54, 1.807) is 0 Å². The van der Waals surface area contributed by atoms with Crippen molar-refractivity contribution in [3.8, 4) is 0 Å². The molecular weight excluding hydrogens is 228 g/mol. The van der Waals surface area contributed by atoms with Gasteiger partial charge in [-0.3, -0.25) is 0 Å². The van der Waals surface area contributed by atoms with Gasteiger partial charge in [0.25, 0.3) is 0 Å². The smallest absolute Gasteiger partial charge is 0.366 e. The molecule has 0 aromatic heterocycles. The SMILES string of the molecule is C1CCC1.CCO[Si](S)(OCC)OCC. The molecule has 0 N–H and O–H groups in total. The summed E-state index contributed by atoms with van der Waals surface area (Å²) >= 11 is 4.23. The molecule has 1 aliphatic carbocycles. The van der Waals surface area contributed by atoms with Crippen molar-refractivity contribution in [2.75, 3.05) is 19.8 Å². The van der Waals surface area contributed by atoms with Crippen LogP contribution in [0.25, 0.3) is 0 Å². The van der Waals surface area contributed by atoms with Gasteiger partial charge in [-0.15, -0.1) is 12.1 Å². The lowest BCUT2D eigenvalue weighted by Gasteiger charge is -2.22. The summed E-state index contributed by atoms with van der Waals surface area (Å²) in [5, 5.41) is 0.